The van der Waals surface area contributed by atoms with Gasteiger partial charge >= 0.3 is 0 Å². The molecule has 1 saturated heterocycles. The Balaban J connectivity index is 1.38. The van der Waals surface area contributed by atoms with Crippen LogP contribution in [0, 0.1) is 5.92 Å². The number of carbonyl (C=O) groups excluding carboxylic acids is 1. The van der Waals surface area contributed by atoms with Gasteiger partial charge in [-0.25, -0.2) is 0 Å². The zero-order chi connectivity index (χ0) is 12.8. The van der Waals surface area contributed by atoms with Crippen LogP contribution >= 0.6 is 11.3 Å². The van der Waals surface area contributed by atoms with Crippen molar-refractivity contribution in [3.8, 4) is 11.5 Å². The summed E-state index contributed by atoms with van der Waals surface area (Å²) < 4.78 is 11.0. The lowest BCUT2D eigenvalue weighted by molar-refractivity contribution is 0.0944. The molecule has 4 rings (SSSR count). The summed E-state index contributed by atoms with van der Waals surface area (Å²) in [5.41, 5.74) is 0. The van der Waals surface area contributed by atoms with E-state index in [0.29, 0.717) is 48.2 Å². The molecular weight excluding hydrogens is 264 g/mol. The van der Waals surface area contributed by atoms with Crippen LogP contribution in [0.1, 0.15) is 22.5 Å². The number of amides is 1. The molecule has 0 unspecified atom stereocenters. The summed E-state index contributed by atoms with van der Waals surface area (Å²) in [6.07, 6.45) is 2.50. The Morgan fingerprint density at radius 2 is 2.32 bits per heavy atom. The van der Waals surface area contributed by atoms with Crippen molar-refractivity contribution in [2.75, 3.05) is 19.8 Å². The minimum absolute atomic E-state index is 0.0564. The summed E-state index contributed by atoms with van der Waals surface area (Å²) >= 11 is 1.38. The van der Waals surface area contributed by atoms with Crippen LogP contribution in [0.5, 0.6) is 11.5 Å². The number of carbonyl (C=O) groups is 1. The zero-order valence-corrected chi connectivity index (χ0v) is 11.3. The van der Waals surface area contributed by atoms with Crippen molar-refractivity contribution in [2.45, 2.75) is 24.9 Å². The van der Waals surface area contributed by atoms with Gasteiger partial charge in [0.2, 0.25) is 0 Å². The van der Waals surface area contributed by atoms with E-state index in [-0.39, 0.29) is 5.91 Å². The van der Waals surface area contributed by atoms with Crippen molar-refractivity contribution in [3.05, 3.63) is 10.3 Å². The molecule has 1 aromatic heterocycles. The highest BCUT2D eigenvalue weighted by atomic mass is 32.1. The fourth-order valence-corrected chi connectivity index (χ4v) is 3.75. The molecule has 1 aliphatic carbocycles. The van der Waals surface area contributed by atoms with Crippen molar-refractivity contribution in [1.82, 2.24) is 10.6 Å². The fraction of sp³-hybridized carbons (Fsp3) is 0.615. The molecule has 1 aromatic rings. The SMILES string of the molecule is O=C(NC[C@@H]1C[C@@H]2C[C@@H]2N1)c1scc2c1OCCO2. The molecule has 0 aromatic carbocycles. The van der Waals surface area contributed by atoms with Gasteiger partial charge in [-0.3, -0.25) is 4.79 Å². The van der Waals surface area contributed by atoms with Gasteiger partial charge in [-0.1, -0.05) is 0 Å². The normalized spacial score (nSPS) is 30.8. The van der Waals surface area contributed by atoms with Crippen LogP contribution in [0.15, 0.2) is 5.38 Å². The highest BCUT2D eigenvalue weighted by Gasteiger charge is 2.45. The van der Waals surface area contributed by atoms with Gasteiger partial charge in [0.25, 0.3) is 5.91 Å². The zero-order valence-electron chi connectivity index (χ0n) is 10.5. The monoisotopic (exact) mass is 280 g/mol. The molecular formula is C13H16N2O3S. The predicted octanol–water partition coefficient (Wildman–Crippen LogP) is 0.999. The lowest BCUT2D eigenvalue weighted by Crippen LogP contribution is -2.38. The van der Waals surface area contributed by atoms with Crippen LogP contribution in [0.2, 0.25) is 0 Å². The smallest absolute Gasteiger partial charge is 0.265 e. The minimum Gasteiger partial charge on any atom is -0.485 e. The molecule has 2 aliphatic heterocycles. The molecule has 2 N–H and O–H groups in total. The number of rotatable bonds is 3. The van der Waals surface area contributed by atoms with Crippen LogP contribution in [-0.2, 0) is 0 Å². The van der Waals surface area contributed by atoms with E-state index in [0.717, 1.165) is 5.92 Å². The topological polar surface area (TPSA) is 59.6 Å². The van der Waals surface area contributed by atoms with Crippen LogP contribution in [-0.4, -0.2) is 37.7 Å². The second-order valence-electron chi connectivity index (χ2n) is 5.37. The van der Waals surface area contributed by atoms with E-state index in [4.69, 9.17) is 9.47 Å². The summed E-state index contributed by atoms with van der Waals surface area (Å²) in [6, 6.07) is 1.15. The van der Waals surface area contributed by atoms with E-state index in [2.05, 4.69) is 10.6 Å². The van der Waals surface area contributed by atoms with Gasteiger partial charge in [0.1, 0.15) is 18.1 Å². The number of hydrogen-bond donors (Lipinski definition) is 2. The standard InChI is InChI=1S/C13H16N2O3S/c16-13(14-5-8-3-7-4-9(7)15-8)12-11-10(6-19-12)17-1-2-18-11/h6-9,15H,1-5H2,(H,14,16)/t7-,8+,9+/m1/s1. The van der Waals surface area contributed by atoms with Crippen LogP contribution < -0.4 is 20.1 Å². The lowest BCUT2D eigenvalue weighted by Gasteiger charge is -2.17. The number of nitrogens with one attached hydrogen (secondary N) is 2. The first-order chi connectivity index (χ1) is 9.31. The first-order valence-corrected chi connectivity index (χ1v) is 7.60. The summed E-state index contributed by atoms with van der Waals surface area (Å²) in [7, 11) is 0. The fourth-order valence-electron chi connectivity index (χ4n) is 2.91. The third-order valence-corrected chi connectivity index (χ3v) is 4.91. The molecule has 19 heavy (non-hydrogen) atoms. The summed E-state index contributed by atoms with van der Waals surface area (Å²) in [5.74, 6) is 2.10. The molecule has 3 aliphatic rings. The maximum absolute atomic E-state index is 12.2. The van der Waals surface area contributed by atoms with Gasteiger partial charge in [0.05, 0.1) is 0 Å². The van der Waals surface area contributed by atoms with Crippen LogP contribution in [0.25, 0.3) is 0 Å². The largest absolute Gasteiger partial charge is 0.485 e. The molecule has 6 heteroatoms. The van der Waals surface area contributed by atoms with Gasteiger partial charge < -0.3 is 20.1 Å². The number of fused-ring (bicyclic) bond motifs is 2. The lowest BCUT2D eigenvalue weighted by atomic mass is 10.2. The summed E-state index contributed by atoms with van der Waals surface area (Å²) in [4.78, 5) is 12.8. The summed E-state index contributed by atoms with van der Waals surface area (Å²) in [5, 5.41) is 8.35. The van der Waals surface area contributed by atoms with Gasteiger partial charge in [0, 0.05) is 24.0 Å². The molecule has 0 bridgehead atoms. The molecule has 1 saturated carbocycles. The predicted molar refractivity (Wildman–Crippen MR) is 71.1 cm³/mol. The van der Waals surface area contributed by atoms with E-state index in [1.807, 2.05) is 5.38 Å². The Hall–Kier alpha value is -1.27. The second-order valence-corrected chi connectivity index (χ2v) is 6.25. The van der Waals surface area contributed by atoms with Gasteiger partial charge in [-0.05, 0) is 18.8 Å². The Kier molecular flexibility index (Phi) is 2.66. The number of ether oxygens (including phenoxy) is 2. The van der Waals surface area contributed by atoms with Crippen molar-refractivity contribution >= 4 is 17.2 Å². The second kappa shape index (κ2) is 4.38. The Bertz CT molecular complexity index is 506. The van der Waals surface area contributed by atoms with Crippen LogP contribution in [0.4, 0.5) is 0 Å². The van der Waals surface area contributed by atoms with Crippen molar-refractivity contribution < 1.29 is 14.3 Å². The van der Waals surface area contributed by atoms with E-state index in [1.54, 1.807) is 0 Å². The molecule has 5 nitrogen and oxygen atoms in total. The molecule has 0 spiro atoms. The third kappa shape index (κ3) is 2.08. The molecule has 2 fully saturated rings. The average molecular weight is 280 g/mol. The third-order valence-electron chi connectivity index (χ3n) is 3.98. The van der Waals surface area contributed by atoms with E-state index in [1.165, 1.54) is 24.2 Å². The molecule has 3 atom stereocenters. The van der Waals surface area contributed by atoms with E-state index < -0.39 is 0 Å². The van der Waals surface area contributed by atoms with Gasteiger partial charge in [-0.2, -0.15) is 0 Å². The quantitative estimate of drug-likeness (QED) is 0.867. The van der Waals surface area contributed by atoms with E-state index in [9.17, 15) is 4.79 Å². The highest BCUT2D eigenvalue weighted by Crippen LogP contribution is 2.41. The van der Waals surface area contributed by atoms with Gasteiger partial charge in [-0.15, -0.1) is 11.3 Å². The molecule has 0 radical (unpaired) electrons. The Morgan fingerprint density at radius 1 is 1.42 bits per heavy atom. The van der Waals surface area contributed by atoms with Crippen molar-refractivity contribution in [2.24, 2.45) is 5.92 Å². The molecule has 1 amide bonds. The molecule has 102 valence electrons. The first-order valence-electron chi connectivity index (χ1n) is 6.72. The summed E-state index contributed by atoms with van der Waals surface area (Å²) in [6.45, 7) is 1.76. The minimum atomic E-state index is -0.0564. The highest BCUT2D eigenvalue weighted by molar-refractivity contribution is 7.12. The maximum atomic E-state index is 12.2. The molecule has 3 heterocycles. The Labute approximate surface area is 115 Å². The van der Waals surface area contributed by atoms with Crippen molar-refractivity contribution in [3.63, 3.8) is 0 Å². The number of hydrogen-bond acceptors (Lipinski definition) is 5. The van der Waals surface area contributed by atoms with Gasteiger partial charge in [0.15, 0.2) is 11.5 Å². The number of piperidine rings is 1. The average Bonchev–Trinajstić information content (AvgIpc) is 2.89. The van der Waals surface area contributed by atoms with Crippen LogP contribution in [0.3, 0.4) is 0 Å². The van der Waals surface area contributed by atoms with Crippen molar-refractivity contribution in [1.29, 1.82) is 0 Å². The number of thiophene rings is 1. The van der Waals surface area contributed by atoms with E-state index >= 15 is 0 Å². The first kappa shape index (κ1) is 11.5. The maximum Gasteiger partial charge on any atom is 0.265 e. The Morgan fingerprint density at radius 3 is 3.16 bits per heavy atom.